The molecule has 0 aromatic carbocycles. The van der Waals surface area contributed by atoms with Crippen LogP contribution in [-0.4, -0.2) is 47.6 Å². The monoisotopic (exact) mass is 244 g/mol. The molecule has 1 aliphatic heterocycles. The molecular formula is C13H28N2S. The Kier molecular flexibility index (Phi) is 6.16. The Hall–Kier alpha value is 0.270. The van der Waals surface area contributed by atoms with Crippen LogP contribution >= 0.6 is 11.8 Å². The highest BCUT2D eigenvalue weighted by molar-refractivity contribution is 8.00. The minimum absolute atomic E-state index is 0.633. The summed E-state index contributed by atoms with van der Waals surface area (Å²) in [4.78, 5) is 2.60. The number of nitrogens with one attached hydrogen (secondary N) is 1. The molecule has 0 saturated carbocycles. The van der Waals surface area contributed by atoms with Crippen molar-refractivity contribution in [1.29, 1.82) is 0 Å². The quantitative estimate of drug-likeness (QED) is 0.800. The summed E-state index contributed by atoms with van der Waals surface area (Å²) in [5, 5.41) is 5.21. The third kappa shape index (κ3) is 5.07. The lowest BCUT2D eigenvalue weighted by molar-refractivity contribution is 0.262. The summed E-state index contributed by atoms with van der Waals surface area (Å²) in [5.41, 5.74) is 0. The van der Waals surface area contributed by atoms with E-state index in [-0.39, 0.29) is 0 Å². The molecule has 96 valence electrons. The Morgan fingerprint density at radius 1 is 1.19 bits per heavy atom. The van der Waals surface area contributed by atoms with Crippen molar-refractivity contribution in [1.82, 2.24) is 10.2 Å². The molecule has 0 amide bonds. The van der Waals surface area contributed by atoms with Gasteiger partial charge in [-0.1, -0.05) is 27.7 Å². The van der Waals surface area contributed by atoms with Gasteiger partial charge in [0.25, 0.3) is 0 Å². The Morgan fingerprint density at radius 3 is 2.25 bits per heavy atom. The molecule has 0 spiro atoms. The molecule has 16 heavy (non-hydrogen) atoms. The lowest BCUT2D eigenvalue weighted by Gasteiger charge is -2.35. The number of rotatable bonds is 5. The first-order valence-corrected chi connectivity index (χ1v) is 7.54. The molecule has 0 aliphatic carbocycles. The normalized spacial score (nSPS) is 29.6. The van der Waals surface area contributed by atoms with E-state index < -0.39 is 0 Å². The summed E-state index contributed by atoms with van der Waals surface area (Å²) in [7, 11) is 0. The van der Waals surface area contributed by atoms with Gasteiger partial charge in [0.05, 0.1) is 0 Å². The zero-order chi connectivity index (χ0) is 12.1. The first-order valence-electron chi connectivity index (χ1n) is 6.60. The highest BCUT2D eigenvalue weighted by atomic mass is 32.2. The van der Waals surface area contributed by atoms with Gasteiger partial charge in [-0.25, -0.2) is 0 Å². The van der Waals surface area contributed by atoms with E-state index in [1.807, 2.05) is 0 Å². The van der Waals surface area contributed by atoms with Crippen LogP contribution in [-0.2, 0) is 0 Å². The lowest BCUT2D eigenvalue weighted by atomic mass is 10.1. The average Bonchev–Trinajstić information content (AvgIpc) is 2.15. The zero-order valence-electron chi connectivity index (χ0n) is 11.5. The maximum Gasteiger partial charge on any atom is 0.0149 e. The van der Waals surface area contributed by atoms with Gasteiger partial charge in [-0.3, -0.25) is 4.90 Å². The third-order valence-corrected chi connectivity index (χ3v) is 4.62. The lowest BCUT2D eigenvalue weighted by Crippen LogP contribution is -2.45. The van der Waals surface area contributed by atoms with Gasteiger partial charge in [0.15, 0.2) is 0 Å². The molecule has 2 nitrogen and oxygen atoms in total. The summed E-state index contributed by atoms with van der Waals surface area (Å²) in [6.45, 7) is 16.4. The molecule has 1 heterocycles. The molecule has 0 aromatic rings. The number of nitrogens with zero attached hydrogens (tertiary/aromatic N) is 1. The van der Waals surface area contributed by atoms with Crippen LogP contribution in [0.2, 0.25) is 0 Å². The van der Waals surface area contributed by atoms with Crippen molar-refractivity contribution in [3.63, 3.8) is 0 Å². The molecule has 0 aromatic heterocycles. The van der Waals surface area contributed by atoms with Crippen molar-refractivity contribution in [2.75, 3.05) is 26.2 Å². The van der Waals surface area contributed by atoms with E-state index in [1.54, 1.807) is 0 Å². The number of hydrogen-bond acceptors (Lipinski definition) is 3. The molecule has 3 heteroatoms. The second kappa shape index (κ2) is 6.87. The SMILES string of the molecule is CC1CN(CCNC(C)C(C)C)CC(C)S1. The van der Waals surface area contributed by atoms with Crippen LogP contribution in [0.1, 0.15) is 34.6 Å². The first kappa shape index (κ1) is 14.3. The van der Waals surface area contributed by atoms with Crippen molar-refractivity contribution >= 4 is 11.8 Å². The van der Waals surface area contributed by atoms with Crippen molar-refractivity contribution in [2.24, 2.45) is 5.92 Å². The fourth-order valence-corrected chi connectivity index (χ4v) is 3.54. The molecule has 0 radical (unpaired) electrons. The summed E-state index contributed by atoms with van der Waals surface area (Å²) < 4.78 is 0. The van der Waals surface area contributed by atoms with Gasteiger partial charge < -0.3 is 5.32 Å². The van der Waals surface area contributed by atoms with E-state index in [1.165, 1.54) is 19.6 Å². The molecule has 1 rings (SSSR count). The van der Waals surface area contributed by atoms with E-state index in [9.17, 15) is 0 Å². The van der Waals surface area contributed by atoms with Gasteiger partial charge in [-0.15, -0.1) is 0 Å². The minimum atomic E-state index is 0.633. The minimum Gasteiger partial charge on any atom is -0.313 e. The smallest absolute Gasteiger partial charge is 0.0149 e. The predicted octanol–water partition coefficient (Wildman–Crippen LogP) is 2.45. The Labute approximate surface area is 106 Å². The zero-order valence-corrected chi connectivity index (χ0v) is 12.3. The molecule has 0 bridgehead atoms. The van der Waals surface area contributed by atoms with Gasteiger partial charge >= 0.3 is 0 Å². The summed E-state index contributed by atoms with van der Waals surface area (Å²) in [6.07, 6.45) is 0. The maximum atomic E-state index is 3.61. The predicted molar refractivity (Wildman–Crippen MR) is 75.3 cm³/mol. The molecule has 1 fully saturated rings. The Bertz CT molecular complexity index is 186. The highest BCUT2D eigenvalue weighted by Crippen LogP contribution is 2.24. The molecule has 3 atom stereocenters. The standard InChI is InChI=1S/C13H28N2S/c1-10(2)13(5)14-6-7-15-8-11(3)16-12(4)9-15/h10-14H,6-9H2,1-5H3. The highest BCUT2D eigenvalue weighted by Gasteiger charge is 2.21. The van der Waals surface area contributed by atoms with Crippen molar-refractivity contribution < 1.29 is 0 Å². The summed E-state index contributed by atoms with van der Waals surface area (Å²) in [6, 6.07) is 0.633. The number of hydrogen-bond donors (Lipinski definition) is 1. The maximum absolute atomic E-state index is 3.61. The van der Waals surface area contributed by atoms with Gasteiger partial charge in [-0.2, -0.15) is 11.8 Å². The van der Waals surface area contributed by atoms with Crippen molar-refractivity contribution in [3.05, 3.63) is 0 Å². The third-order valence-electron chi connectivity index (χ3n) is 3.39. The van der Waals surface area contributed by atoms with Crippen molar-refractivity contribution in [3.8, 4) is 0 Å². The molecule has 1 aliphatic rings. The Morgan fingerprint density at radius 2 is 1.75 bits per heavy atom. The van der Waals surface area contributed by atoms with Crippen LogP contribution in [0, 0.1) is 5.92 Å². The fourth-order valence-electron chi connectivity index (χ4n) is 2.15. The molecular weight excluding hydrogens is 216 g/mol. The van der Waals surface area contributed by atoms with Crippen LogP contribution in [0.4, 0.5) is 0 Å². The summed E-state index contributed by atoms with van der Waals surface area (Å²) in [5.74, 6) is 0.731. The first-order chi connectivity index (χ1) is 7.49. The molecule has 3 unspecified atom stereocenters. The summed E-state index contributed by atoms with van der Waals surface area (Å²) >= 11 is 2.13. The second-order valence-electron chi connectivity index (χ2n) is 5.50. The topological polar surface area (TPSA) is 15.3 Å². The van der Waals surface area contributed by atoms with E-state index in [2.05, 4.69) is 56.6 Å². The van der Waals surface area contributed by atoms with Gasteiger partial charge in [0, 0.05) is 42.7 Å². The van der Waals surface area contributed by atoms with Gasteiger partial charge in [0.1, 0.15) is 0 Å². The average molecular weight is 244 g/mol. The van der Waals surface area contributed by atoms with Crippen LogP contribution < -0.4 is 5.32 Å². The van der Waals surface area contributed by atoms with Crippen LogP contribution in [0.5, 0.6) is 0 Å². The van der Waals surface area contributed by atoms with Crippen LogP contribution in [0.3, 0.4) is 0 Å². The molecule has 1 saturated heterocycles. The van der Waals surface area contributed by atoms with Crippen LogP contribution in [0.25, 0.3) is 0 Å². The Balaban J connectivity index is 2.17. The van der Waals surface area contributed by atoms with E-state index in [0.717, 1.165) is 23.0 Å². The fraction of sp³-hybridized carbons (Fsp3) is 1.00. The van der Waals surface area contributed by atoms with E-state index in [4.69, 9.17) is 0 Å². The van der Waals surface area contributed by atoms with Crippen molar-refractivity contribution in [2.45, 2.75) is 51.2 Å². The molecule has 1 N–H and O–H groups in total. The van der Waals surface area contributed by atoms with E-state index in [0.29, 0.717) is 6.04 Å². The van der Waals surface area contributed by atoms with Gasteiger partial charge in [-0.05, 0) is 12.8 Å². The van der Waals surface area contributed by atoms with Crippen LogP contribution in [0.15, 0.2) is 0 Å². The largest absolute Gasteiger partial charge is 0.313 e. The second-order valence-corrected chi connectivity index (χ2v) is 7.39. The number of thioether (sulfide) groups is 1. The van der Waals surface area contributed by atoms with Gasteiger partial charge in [0.2, 0.25) is 0 Å². The van der Waals surface area contributed by atoms with E-state index >= 15 is 0 Å².